The number of hydrogen-bond acceptors (Lipinski definition) is 8. The van der Waals surface area contributed by atoms with Gasteiger partial charge in [-0.3, -0.25) is 4.79 Å². The van der Waals surface area contributed by atoms with E-state index in [0.29, 0.717) is 16.9 Å². The Morgan fingerprint density at radius 1 is 1.29 bits per heavy atom. The number of thioether (sulfide) groups is 1. The van der Waals surface area contributed by atoms with Gasteiger partial charge in [-0.05, 0) is 31.2 Å². The average molecular weight is 397 g/mol. The number of pyridine rings is 1. The number of amides is 1. The van der Waals surface area contributed by atoms with Crippen molar-refractivity contribution in [2.45, 2.75) is 12.1 Å². The number of anilines is 2. The van der Waals surface area contributed by atoms with Crippen LogP contribution in [0.4, 0.5) is 11.8 Å². The minimum atomic E-state index is -0.185. The van der Waals surface area contributed by atoms with Crippen LogP contribution < -0.4 is 15.5 Å². The third kappa shape index (κ3) is 5.55. The van der Waals surface area contributed by atoms with Gasteiger partial charge in [0.1, 0.15) is 11.6 Å². The predicted molar refractivity (Wildman–Crippen MR) is 109 cm³/mol. The second-order valence-corrected chi connectivity index (χ2v) is 6.50. The molecule has 0 spiro atoms. The molecule has 0 radical (unpaired) electrons. The summed E-state index contributed by atoms with van der Waals surface area (Å²) in [7, 11) is 1.62. The molecule has 0 saturated carbocycles. The summed E-state index contributed by atoms with van der Waals surface area (Å²) in [6.07, 6.45) is 1.62. The summed E-state index contributed by atoms with van der Waals surface area (Å²) in [5, 5.41) is 14.2. The van der Waals surface area contributed by atoms with Gasteiger partial charge in [0.2, 0.25) is 17.0 Å². The molecule has 10 heteroatoms. The third-order valence-electron chi connectivity index (χ3n) is 3.55. The number of carbonyl (C=O) groups is 1. The van der Waals surface area contributed by atoms with Gasteiger partial charge in [0.15, 0.2) is 0 Å². The van der Waals surface area contributed by atoms with Gasteiger partial charge in [-0.1, -0.05) is 30.0 Å². The largest absolute Gasteiger partial charge is 0.497 e. The number of methoxy groups -OCH3 is 1. The van der Waals surface area contributed by atoms with E-state index < -0.39 is 0 Å². The van der Waals surface area contributed by atoms with Crippen LogP contribution in [0.25, 0.3) is 0 Å². The highest BCUT2D eigenvalue weighted by molar-refractivity contribution is 7.99. The van der Waals surface area contributed by atoms with E-state index in [1.807, 2.05) is 31.2 Å². The highest BCUT2D eigenvalue weighted by Gasteiger charge is 2.08. The molecule has 0 atom stereocenters. The van der Waals surface area contributed by atoms with Gasteiger partial charge < -0.3 is 10.1 Å². The maximum Gasteiger partial charge on any atom is 0.240 e. The Morgan fingerprint density at radius 2 is 2.18 bits per heavy atom. The fraction of sp³-hybridized carbons (Fsp3) is 0.167. The number of carbonyl (C=O) groups excluding carboxylic acids is 1. The number of hydrogen-bond donors (Lipinski definition) is 3. The third-order valence-corrected chi connectivity index (χ3v) is 4.39. The predicted octanol–water partition coefficient (Wildman–Crippen LogP) is 2.78. The quantitative estimate of drug-likeness (QED) is 0.304. The highest BCUT2D eigenvalue weighted by Crippen LogP contribution is 2.16. The van der Waals surface area contributed by atoms with Crippen molar-refractivity contribution in [3.63, 3.8) is 0 Å². The van der Waals surface area contributed by atoms with E-state index in [0.717, 1.165) is 17.0 Å². The van der Waals surface area contributed by atoms with Crippen LogP contribution in [0.1, 0.15) is 12.5 Å². The zero-order valence-electron chi connectivity index (χ0n) is 15.3. The number of nitrogens with zero attached hydrogens (tertiary/aromatic N) is 4. The van der Waals surface area contributed by atoms with Gasteiger partial charge in [-0.2, -0.15) is 10.1 Å². The molecule has 0 saturated heterocycles. The van der Waals surface area contributed by atoms with Crippen LogP contribution in [-0.4, -0.2) is 44.6 Å². The maximum absolute atomic E-state index is 11.9. The molecule has 0 bridgehead atoms. The lowest BCUT2D eigenvalue weighted by atomic mass is 10.1. The van der Waals surface area contributed by atoms with Crippen LogP contribution >= 0.6 is 11.8 Å². The van der Waals surface area contributed by atoms with E-state index in [9.17, 15) is 4.79 Å². The van der Waals surface area contributed by atoms with E-state index >= 15 is 0 Å². The number of hydrazone groups is 1. The molecular formula is C18H19N7O2S. The first-order valence-electron chi connectivity index (χ1n) is 8.35. The Morgan fingerprint density at radius 3 is 2.96 bits per heavy atom. The standard InChI is InChI=1S/C18H19N7O2S/c1-12(13-6-5-7-14(10-13)27-2)22-23-17-21-18(25-24-17)28-11-16(26)20-15-8-3-4-9-19-15/h3-10H,11H2,1-2H3,(H,19,20,26)(H2,21,23,24,25)/b22-12+. The summed E-state index contributed by atoms with van der Waals surface area (Å²) < 4.78 is 5.21. The first-order valence-corrected chi connectivity index (χ1v) is 9.33. The zero-order valence-corrected chi connectivity index (χ0v) is 16.2. The Labute approximate surface area is 166 Å². The Balaban J connectivity index is 1.51. The summed E-state index contributed by atoms with van der Waals surface area (Å²) in [5.74, 6) is 1.63. The Kier molecular flexibility index (Phi) is 6.58. The molecule has 0 aliphatic heterocycles. The minimum Gasteiger partial charge on any atom is -0.497 e. The fourth-order valence-electron chi connectivity index (χ4n) is 2.16. The van der Waals surface area contributed by atoms with Crippen molar-refractivity contribution in [3.05, 3.63) is 54.2 Å². The molecule has 0 aliphatic rings. The smallest absolute Gasteiger partial charge is 0.240 e. The van der Waals surface area contributed by atoms with E-state index in [2.05, 4.69) is 36.0 Å². The summed E-state index contributed by atoms with van der Waals surface area (Å²) in [5.41, 5.74) is 4.51. The van der Waals surface area contributed by atoms with E-state index in [1.54, 1.807) is 31.5 Å². The topological polar surface area (TPSA) is 117 Å². The van der Waals surface area contributed by atoms with Gasteiger partial charge in [0, 0.05) is 11.8 Å². The van der Waals surface area contributed by atoms with Crippen molar-refractivity contribution in [3.8, 4) is 5.75 Å². The van der Waals surface area contributed by atoms with Crippen molar-refractivity contribution >= 4 is 35.1 Å². The number of aromatic nitrogens is 4. The summed E-state index contributed by atoms with van der Waals surface area (Å²) in [4.78, 5) is 20.2. The lowest BCUT2D eigenvalue weighted by molar-refractivity contribution is -0.113. The summed E-state index contributed by atoms with van der Waals surface area (Å²) in [6, 6.07) is 12.9. The fourth-order valence-corrected chi connectivity index (χ4v) is 2.75. The molecule has 0 aliphatic carbocycles. The number of ether oxygens (including phenoxy) is 1. The second kappa shape index (κ2) is 9.51. The first kappa shape index (κ1) is 19.4. The van der Waals surface area contributed by atoms with Crippen LogP contribution in [0.15, 0.2) is 58.9 Å². The second-order valence-electron chi connectivity index (χ2n) is 5.56. The van der Waals surface area contributed by atoms with E-state index in [4.69, 9.17) is 4.74 Å². The van der Waals surface area contributed by atoms with Gasteiger partial charge >= 0.3 is 0 Å². The molecule has 2 heterocycles. The monoisotopic (exact) mass is 397 g/mol. The summed E-state index contributed by atoms with van der Waals surface area (Å²) >= 11 is 1.21. The van der Waals surface area contributed by atoms with Gasteiger partial charge in [-0.15, -0.1) is 5.10 Å². The molecule has 1 aromatic carbocycles. The zero-order chi connectivity index (χ0) is 19.8. The highest BCUT2D eigenvalue weighted by atomic mass is 32.2. The van der Waals surface area contributed by atoms with Crippen LogP contribution in [-0.2, 0) is 4.79 Å². The molecule has 9 nitrogen and oxygen atoms in total. The Bertz CT molecular complexity index is 959. The molecule has 3 aromatic rings. The van der Waals surface area contributed by atoms with E-state index in [1.165, 1.54) is 11.8 Å². The first-order chi connectivity index (χ1) is 13.6. The van der Waals surface area contributed by atoms with Crippen molar-refractivity contribution < 1.29 is 9.53 Å². The van der Waals surface area contributed by atoms with Crippen molar-refractivity contribution in [1.82, 2.24) is 20.2 Å². The Hall–Kier alpha value is -3.40. The van der Waals surface area contributed by atoms with Crippen LogP contribution in [0.2, 0.25) is 0 Å². The SMILES string of the molecule is COc1cccc(/C(C)=N/Nc2nc(SCC(=O)Nc3ccccn3)n[nH]2)c1. The van der Waals surface area contributed by atoms with Gasteiger partial charge in [0.05, 0.1) is 18.6 Å². The van der Waals surface area contributed by atoms with Gasteiger partial charge in [0.25, 0.3) is 0 Å². The van der Waals surface area contributed by atoms with Crippen molar-refractivity contribution in [2.24, 2.45) is 5.10 Å². The van der Waals surface area contributed by atoms with Gasteiger partial charge in [-0.25, -0.2) is 15.5 Å². The number of rotatable bonds is 8. The average Bonchev–Trinajstić information content (AvgIpc) is 3.19. The number of benzene rings is 1. The molecule has 0 fully saturated rings. The molecule has 144 valence electrons. The normalized spacial score (nSPS) is 11.1. The number of H-pyrrole nitrogens is 1. The number of nitrogens with one attached hydrogen (secondary N) is 3. The molecular weight excluding hydrogens is 378 g/mol. The lowest BCUT2D eigenvalue weighted by Gasteiger charge is -2.04. The molecule has 28 heavy (non-hydrogen) atoms. The minimum absolute atomic E-state index is 0.167. The lowest BCUT2D eigenvalue weighted by Crippen LogP contribution is -2.14. The molecule has 0 unspecified atom stereocenters. The summed E-state index contributed by atoms with van der Waals surface area (Å²) in [6.45, 7) is 1.87. The van der Waals surface area contributed by atoms with Crippen molar-refractivity contribution in [2.75, 3.05) is 23.6 Å². The van der Waals surface area contributed by atoms with Crippen LogP contribution in [0, 0.1) is 0 Å². The van der Waals surface area contributed by atoms with E-state index in [-0.39, 0.29) is 11.7 Å². The number of aromatic amines is 1. The van der Waals surface area contributed by atoms with Crippen molar-refractivity contribution in [1.29, 1.82) is 0 Å². The molecule has 3 N–H and O–H groups in total. The molecule has 3 rings (SSSR count). The van der Waals surface area contributed by atoms with Crippen LogP contribution in [0.5, 0.6) is 5.75 Å². The molecule has 2 aromatic heterocycles. The maximum atomic E-state index is 11.9. The van der Waals surface area contributed by atoms with Crippen LogP contribution in [0.3, 0.4) is 0 Å². The molecule has 1 amide bonds.